The highest BCUT2D eigenvalue weighted by Crippen LogP contribution is 2.21. The zero-order valence-corrected chi connectivity index (χ0v) is 10.7. The molecule has 0 N–H and O–H groups in total. The molecule has 0 unspecified atom stereocenters. The average molecular weight is 220 g/mol. The summed E-state index contributed by atoms with van der Waals surface area (Å²) >= 11 is 0. The summed E-state index contributed by atoms with van der Waals surface area (Å²) in [5, 5.41) is 0. The van der Waals surface area contributed by atoms with Gasteiger partial charge in [0, 0.05) is 12.8 Å². The second kappa shape index (κ2) is 7.53. The van der Waals surface area contributed by atoms with E-state index in [0.29, 0.717) is 0 Å². The molecule has 1 rings (SSSR count). The second-order valence-corrected chi connectivity index (χ2v) is 4.65. The molecule has 1 aliphatic rings. The van der Waals surface area contributed by atoms with Crippen LogP contribution in [0.5, 0.6) is 0 Å². The molecule has 1 saturated heterocycles. The Hall–Kier alpha value is 0.250. The number of hydrogen-bond acceptors (Lipinski definition) is 0. The summed E-state index contributed by atoms with van der Waals surface area (Å²) in [6, 6.07) is 0. The van der Waals surface area contributed by atoms with E-state index >= 15 is 0 Å². The SMILES string of the molecule is CCCCC[N+]1(CCC)CCCC1.[Cl-]. The third kappa shape index (κ3) is 4.18. The van der Waals surface area contributed by atoms with Gasteiger partial charge in [-0.3, -0.25) is 0 Å². The van der Waals surface area contributed by atoms with Crippen molar-refractivity contribution < 1.29 is 16.9 Å². The van der Waals surface area contributed by atoms with E-state index in [9.17, 15) is 0 Å². The van der Waals surface area contributed by atoms with Gasteiger partial charge in [0.05, 0.1) is 26.2 Å². The summed E-state index contributed by atoms with van der Waals surface area (Å²) in [5.74, 6) is 0. The lowest BCUT2D eigenvalue weighted by Crippen LogP contribution is -3.00. The molecular formula is C12H26ClN. The summed E-state index contributed by atoms with van der Waals surface area (Å²) < 4.78 is 1.45. The first-order valence-corrected chi connectivity index (χ1v) is 6.18. The largest absolute Gasteiger partial charge is 1.00 e. The molecule has 1 nitrogen and oxygen atoms in total. The zero-order chi connectivity index (χ0) is 9.57. The Morgan fingerprint density at radius 1 is 0.857 bits per heavy atom. The van der Waals surface area contributed by atoms with Crippen LogP contribution in [0.25, 0.3) is 0 Å². The maximum atomic E-state index is 2.33. The van der Waals surface area contributed by atoms with Crippen molar-refractivity contribution in [2.75, 3.05) is 26.2 Å². The molecule has 0 aliphatic carbocycles. The molecule has 0 atom stereocenters. The minimum Gasteiger partial charge on any atom is -1.00 e. The van der Waals surface area contributed by atoms with Crippen LogP contribution in [-0.4, -0.2) is 30.7 Å². The molecule has 1 heterocycles. The lowest BCUT2D eigenvalue weighted by molar-refractivity contribution is -0.917. The molecule has 0 aromatic carbocycles. The molecule has 14 heavy (non-hydrogen) atoms. The van der Waals surface area contributed by atoms with Crippen LogP contribution in [0.4, 0.5) is 0 Å². The van der Waals surface area contributed by atoms with Gasteiger partial charge in [-0.05, 0) is 19.3 Å². The normalized spacial score (nSPS) is 19.3. The number of rotatable bonds is 6. The van der Waals surface area contributed by atoms with Crippen molar-refractivity contribution >= 4 is 0 Å². The van der Waals surface area contributed by atoms with E-state index in [0.717, 1.165) is 0 Å². The van der Waals surface area contributed by atoms with E-state index in [4.69, 9.17) is 0 Å². The van der Waals surface area contributed by atoms with E-state index in [2.05, 4.69) is 13.8 Å². The van der Waals surface area contributed by atoms with Crippen molar-refractivity contribution in [1.29, 1.82) is 0 Å². The van der Waals surface area contributed by atoms with E-state index in [1.807, 2.05) is 0 Å². The molecule has 0 bridgehead atoms. The van der Waals surface area contributed by atoms with Crippen LogP contribution in [0.1, 0.15) is 52.4 Å². The number of quaternary nitrogens is 1. The summed E-state index contributed by atoms with van der Waals surface area (Å²) in [6.07, 6.45) is 8.58. The molecule has 0 amide bonds. The van der Waals surface area contributed by atoms with E-state index in [-0.39, 0.29) is 12.4 Å². The number of hydrogen-bond donors (Lipinski definition) is 0. The summed E-state index contributed by atoms with van der Waals surface area (Å²) in [5.41, 5.74) is 0. The zero-order valence-electron chi connectivity index (χ0n) is 9.90. The molecule has 0 radical (unpaired) electrons. The Morgan fingerprint density at radius 3 is 2.00 bits per heavy atom. The van der Waals surface area contributed by atoms with Gasteiger partial charge in [-0.15, -0.1) is 0 Å². The highest BCUT2D eigenvalue weighted by molar-refractivity contribution is 4.55. The van der Waals surface area contributed by atoms with Gasteiger partial charge < -0.3 is 16.9 Å². The first-order chi connectivity index (χ1) is 6.33. The minimum atomic E-state index is 0. The van der Waals surface area contributed by atoms with Crippen LogP contribution in [0.3, 0.4) is 0 Å². The molecule has 0 aromatic rings. The molecule has 2 heteroatoms. The first-order valence-electron chi connectivity index (χ1n) is 6.18. The highest BCUT2D eigenvalue weighted by atomic mass is 35.5. The predicted molar refractivity (Wildman–Crippen MR) is 58.8 cm³/mol. The monoisotopic (exact) mass is 219 g/mol. The molecule has 86 valence electrons. The maximum absolute atomic E-state index is 2.33. The summed E-state index contributed by atoms with van der Waals surface area (Å²) in [4.78, 5) is 0. The Bertz CT molecular complexity index is 130. The fourth-order valence-corrected chi connectivity index (χ4v) is 2.74. The third-order valence-corrected chi connectivity index (χ3v) is 3.45. The fourth-order valence-electron chi connectivity index (χ4n) is 2.74. The van der Waals surface area contributed by atoms with Crippen molar-refractivity contribution in [3.05, 3.63) is 0 Å². The quantitative estimate of drug-likeness (QED) is 0.443. The van der Waals surface area contributed by atoms with Crippen molar-refractivity contribution in [2.45, 2.75) is 52.4 Å². The standard InChI is InChI=1S/C12H26N.ClH/c1-3-5-6-10-13(9-4-2)11-7-8-12-13;/h3-12H2,1-2H3;1H/q+1;/p-1. The van der Waals surface area contributed by atoms with Gasteiger partial charge in [0.1, 0.15) is 0 Å². The number of unbranched alkanes of at least 4 members (excludes halogenated alkanes) is 2. The Balaban J connectivity index is 0.00000169. The van der Waals surface area contributed by atoms with Crippen LogP contribution in [0.15, 0.2) is 0 Å². The molecule has 1 fully saturated rings. The van der Waals surface area contributed by atoms with Crippen LogP contribution >= 0.6 is 0 Å². The fraction of sp³-hybridized carbons (Fsp3) is 1.00. The predicted octanol–water partition coefficient (Wildman–Crippen LogP) is 0.201. The number of nitrogens with zero attached hydrogens (tertiary/aromatic N) is 1. The molecule has 0 spiro atoms. The Labute approximate surface area is 95.9 Å². The minimum absolute atomic E-state index is 0. The number of likely N-dealkylation sites (tertiary alicyclic amines) is 1. The van der Waals surface area contributed by atoms with Gasteiger partial charge in [0.2, 0.25) is 0 Å². The van der Waals surface area contributed by atoms with E-state index < -0.39 is 0 Å². The van der Waals surface area contributed by atoms with Crippen molar-refractivity contribution in [3.63, 3.8) is 0 Å². The van der Waals surface area contributed by atoms with E-state index in [1.54, 1.807) is 0 Å². The van der Waals surface area contributed by atoms with Gasteiger partial charge in [0.25, 0.3) is 0 Å². The molecule has 1 aliphatic heterocycles. The summed E-state index contributed by atoms with van der Waals surface area (Å²) in [7, 11) is 0. The lowest BCUT2D eigenvalue weighted by atomic mass is 10.2. The Kier molecular flexibility index (Phi) is 7.66. The van der Waals surface area contributed by atoms with Gasteiger partial charge in [0.15, 0.2) is 0 Å². The van der Waals surface area contributed by atoms with Crippen LogP contribution < -0.4 is 12.4 Å². The first kappa shape index (κ1) is 14.2. The van der Waals surface area contributed by atoms with Gasteiger partial charge in [-0.2, -0.15) is 0 Å². The van der Waals surface area contributed by atoms with Crippen molar-refractivity contribution in [3.8, 4) is 0 Å². The maximum Gasteiger partial charge on any atom is 0.0788 e. The molecule has 0 aromatic heterocycles. The van der Waals surface area contributed by atoms with Gasteiger partial charge >= 0.3 is 0 Å². The number of halogens is 1. The molecular weight excluding hydrogens is 194 g/mol. The highest BCUT2D eigenvalue weighted by Gasteiger charge is 2.29. The van der Waals surface area contributed by atoms with Crippen molar-refractivity contribution in [2.24, 2.45) is 0 Å². The Morgan fingerprint density at radius 2 is 1.50 bits per heavy atom. The molecule has 0 saturated carbocycles. The van der Waals surface area contributed by atoms with Crippen LogP contribution in [0, 0.1) is 0 Å². The van der Waals surface area contributed by atoms with Crippen LogP contribution in [0.2, 0.25) is 0 Å². The third-order valence-electron chi connectivity index (χ3n) is 3.45. The van der Waals surface area contributed by atoms with Gasteiger partial charge in [-0.1, -0.05) is 20.3 Å². The topological polar surface area (TPSA) is 0 Å². The van der Waals surface area contributed by atoms with Gasteiger partial charge in [-0.25, -0.2) is 0 Å². The lowest BCUT2D eigenvalue weighted by Gasteiger charge is -2.34. The second-order valence-electron chi connectivity index (χ2n) is 4.65. The average Bonchev–Trinajstić information content (AvgIpc) is 2.55. The summed E-state index contributed by atoms with van der Waals surface area (Å²) in [6.45, 7) is 10.5. The van der Waals surface area contributed by atoms with E-state index in [1.165, 1.54) is 69.2 Å². The van der Waals surface area contributed by atoms with Crippen LogP contribution in [-0.2, 0) is 0 Å². The smallest absolute Gasteiger partial charge is 0.0788 e. The van der Waals surface area contributed by atoms with Crippen molar-refractivity contribution in [1.82, 2.24) is 0 Å².